The molecule has 0 aliphatic heterocycles. The molecule has 28 heavy (non-hydrogen) atoms. The van der Waals surface area contributed by atoms with Gasteiger partial charge in [0.15, 0.2) is 0 Å². The summed E-state index contributed by atoms with van der Waals surface area (Å²) in [6.45, 7) is 0. The lowest BCUT2D eigenvalue weighted by Crippen LogP contribution is -2.28. The Morgan fingerprint density at radius 1 is 1.07 bits per heavy atom. The van der Waals surface area contributed by atoms with E-state index in [0.717, 1.165) is 18.4 Å². The second-order valence-electron chi connectivity index (χ2n) is 6.86. The van der Waals surface area contributed by atoms with Gasteiger partial charge in [0.05, 0.1) is 0 Å². The predicted octanol–water partition coefficient (Wildman–Crippen LogP) is 5.51. The zero-order valence-electron chi connectivity index (χ0n) is 14.9. The minimum Gasteiger partial charge on any atom is -0.478 e. The number of carbonyl (C=O) groups excluding carboxylic acids is 1. The van der Waals surface area contributed by atoms with Crippen molar-refractivity contribution < 1.29 is 14.7 Å². The van der Waals surface area contributed by atoms with E-state index >= 15 is 0 Å². The molecule has 4 nitrogen and oxygen atoms in total. The molecule has 1 heterocycles. The number of carbonyl (C=O) groups is 2. The number of halogens is 1. The fourth-order valence-corrected chi connectivity index (χ4v) is 4.73. The standard InChI is InChI=1S/C22H18ClNO3S/c23-17-9-7-14(8-10-17)18-12-28-21(19(18)22(26)27)24-20(25)16-6-5-13-3-1-2-4-15(13)11-16/h1-4,7-10,12,16H,5-6,11H2,(H,24,25)(H,26,27)/t16-/m0/s1. The quantitative estimate of drug-likeness (QED) is 0.594. The summed E-state index contributed by atoms with van der Waals surface area (Å²) in [5, 5.41) is 15.3. The van der Waals surface area contributed by atoms with Gasteiger partial charge in [-0.1, -0.05) is 48.0 Å². The van der Waals surface area contributed by atoms with Gasteiger partial charge < -0.3 is 10.4 Å². The van der Waals surface area contributed by atoms with E-state index in [0.29, 0.717) is 22.0 Å². The Bertz CT molecular complexity index is 1040. The minimum atomic E-state index is -1.06. The number of benzene rings is 2. The predicted molar refractivity (Wildman–Crippen MR) is 112 cm³/mol. The van der Waals surface area contributed by atoms with E-state index in [9.17, 15) is 14.7 Å². The SMILES string of the molecule is O=C(O)c1c(-c2ccc(Cl)cc2)csc1NC(=O)[C@H]1CCc2ccccc2C1. The van der Waals surface area contributed by atoms with Crippen LogP contribution < -0.4 is 5.32 Å². The van der Waals surface area contributed by atoms with Crippen LogP contribution >= 0.6 is 22.9 Å². The number of carboxylic acid groups (broad SMARTS) is 1. The van der Waals surface area contributed by atoms with Gasteiger partial charge in [0.2, 0.25) is 5.91 Å². The van der Waals surface area contributed by atoms with Crippen molar-refractivity contribution in [2.24, 2.45) is 5.92 Å². The third-order valence-electron chi connectivity index (χ3n) is 5.11. The molecule has 1 atom stereocenters. The van der Waals surface area contributed by atoms with Gasteiger partial charge in [0.25, 0.3) is 0 Å². The molecule has 0 bridgehead atoms. The molecule has 0 saturated heterocycles. The first-order chi connectivity index (χ1) is 13.5. The van der Waals surface area contributed by atoms with Crippen molar-refractivity contribution in [2.45, 2.75) is 19.3 Å². The van der Waals surface area contributed by atoms with Crippen LogP contribution in [0.25, 0.3) is 11.1 Å². The van der Waals surface area contributed by atoms with Crippen LogP contribution in [0.15, 0.2) is 53.9 Å². The average molecular weight is 412 g/mol. The first kappa shape index (κ1) is 18.7. The Morgan fingerprint density at radius 3 is 2.50 bits per heavy atom. The number of amides is 1. The lowest BCUT2D eigenvalue weighted by molar-refractivity contribution is -0.120. The summed E-state index contributed by atoms with van der Waals surface area (Å²) in [4.78, 5) is 24.7. The van der Waals surface area contributed by atoms with Crippen LogP contribution in [0.2, 0.25) is 5.02 Å². The number of hydrogen-bond donors (Lipinski definition) is 2. The smallest absolute Gasteiger partial charge is 0.339 e. The van der Waals surface area contributed by atoms with Gasteiger partial charge in [-0.25, -0.2) is 4.79 Å². The topological polar surface area (TPSA) is 66.4 Å². The molecule has 1 aliphatic rings. The second-order valence-corrected chi connectivity index (χ2v) is 8.18. The highest BCUT2D eigenvalue weighted by Gasteiger charge is 2.27. The molecule has 2 aromatic carbocycles. The van der Waals surface area contributed by atoms with Gasteiger partial charge >= 0.3 is 5.97 Å². The Balaban J connectivity index is 1.57. The molecular weight excluding hydrogens is 394 g/mol. The van der Waals surface area contributed by atoms with E-state index in [1.807, 2.05) is 12.1 Å². The fraction of sp³-hybridized carbons (Fsp3) is 0.182. The van der Waals surface area contributed by atoms with E-state index < -0.39 is 5.97 Å². The molecule has 0 fully saturated rings. The molecule has 1 aliphatic carbocycles. The molecule has 0 saturated carbocycles. The highest BCUT2D eigenvalue weighted by molar-refractivity contribution is 7.15. The Hall–Kier alpha value is -2.63. The summed E-state index contributed by atoms with van der Waals surface area (Å²) in [6, 6.07) is 15.2. The number of aryl methyl sites for hydroxylation is 1. The second kappa shape index (κ2) is 7.78. The number of carboxylic acids is 1. The van der Waals surface area contributed by atoms with E-state index in [-0.39, 0.29) is 17.4 Å². The summed E-state index contributed by atoms with van der Waals surface area (Å²) in [6.07, 6.45) is 2.31. The van der Waals surface area contributed by atoms with Crippen LogP contribution in [0.3, 0.4) is 0 Å². The molecule has 142 valence electrons. The third kappa shape index (κ3) is 3.68. The molecule has 1 aromatic heterocycles. The number of nitrogens with one attached hydrogen (secondary N) is 1. The van der Waals surface area contributed by atoms with E-state index in [4.69, 9.17) is 11.6 Å². The molecular formula is C22H18ClNO3S. The molecule has 2 N–H and O–H groups in total. The fourth-order valence-electron chi connectivity index (χ4n) is 3.64. The maximum absolute atomic E-state index is 12.8. The van der Waals surface area contributed by atoms with E-state index in [2.05, 4.69) is 17.4 Å². The maximum atomic E-state index is 12.8. The Kier molecular flexibility index (Phi) is 5.20. The van der Waals surface area contributed by atoms with Gasteiger partial charge in [0, 0.05) is 21.9 Å². The lowest BCUT2D eigenvalue weighted by atomic mass is 9.83. The maximum Gasteiger partial charge on any atom is 0.339 e. The van der Waals surface area contributed by atoms with Crippen molar-refractivity contribution in [3.8, 4) is 11.1 Å². The minimum absolute atomic E-state index is 0.122. The highest BCUT2D eigenvalue weighted by Crippen LogP contribution is 2.37. The van der Waals surface area contributed by atoms with Gasteiger partial charge in [-0.2, -0.15) is 0 Å². The Labute approximate surface area is 171 Å². The summed E-state index contributed by atoms with van der Waals surface area (Å²) >= 11 is 7.16. The molecule has 1 amide bonds. The van der Waals surface area contributed by atoms with Gasteiger partial charge in [-0.05, 0) is 48.1 Å². The molecule has 6 heteroatoms. The van der Waals surface area contributed by atoms with Crippen molar-refractivity contribution in [2.75, 3.05) is 5.32 Å². The molecule has 3 aromatic rings. The van der Waals surface area contributed by atoms with Crippen molar-refractivity contribution in [1.29, 1.82) is 0 Å². The van der Waals surface area contributed by atoms with Gasteiger partial charge in [-0.15, -0.1) is 11.3 Å². The summed E-state index contributed by atoms with van der Waals surface area (Å²) in [5.74, 6) is -1.34. The van der Waals surface area contributed by atoms with Crippen molar-refractivity contribution in [3.63, 3.8) is 0 Å². The number of thiophene rings is 1. The first-order valence-corrected chi connectivity index (χ1v) is 10.3. The average Bonchev–Trinajstić information content (AvgIpc) is 3.12. The van der Waals surface area contributed by atoms with E-state index in [1.165, 1.54) is 22.5 Å². The molecule has 0 spiro atoms. The molecule has 4 rings (SSSR count). The van der Waals surface area contributed by atoms with E-state index in [1.54, 1.807) is 29.6 Å². The number of hydrogen-bond acceptors (Lipinski definition) is 3. The lowest BCUT2D eigenvalue weighted by Gasteiger charge is -2.23. The summed E-state index contributed by atoms with van der Waals surface area (Å²) < 4.78 is 0. The monoisotopic (exact) mass is 411 g/mol. The summed E-state index contributed by atoms with van der Waals surface area (Å²) in [5.41, 5.74) is 3.94. The molecule has 0 unspecified atom stereocenters. The van der Waals surface area contributed by atoms with Crippen LogP contribution in [0.1, 0.15) is 27.9 Å². The number of anilines is 1. The van der Waals surface area contributed by atoms with Gasteiger partial charge in [-0.3, -0.25) is 4.79 Å². The molecule has 0 radical (unpaired) electrons. The summed E-state index contributed by atoms with van der Waals surface area (Å²) in [7, 11) is 0. The number of aromatic carboxylic acids is 1. The van der Waals surface area contributed by atoms with Crippen LogP contribution in [0.4, 0.5) is 5.00 Å². The van der Waals surface area contributed by atoms with Crippen molar-refractivity contribution >= 4 is 39.8 Å². The van der Waals surface area contributed by atoms with Crippen molar-refractivity contribution in [3.05, 3.63) is 75.6 Å². The van der Waals surface area contributed by atoms with Gasteiger partial charge in [0.1, 0.15) is 10.6 Å². The van der Waals surface area contributed by atoms with Crippen LogP contribution in [0, 0.1) is 5.92 Å². The third-order valence-corrected chi connectivity index (χ3v) is 6.26. The van der Waals surface area contributed by atoms with Crippen LogP contribution in [-0.2, 0) is 17.6 Å². The zero-order chi connectivity index (χ0) is 19.7. The van der Waals surface area contributed by atoms with Crippen LogP contribution in [0.5, 0.6) is 0 Å². The zero-order valence-corrected chi connectivity index (χ0v) is 16.5. The first-order valence-electron chi connectivity index (χ1n) is 9.01. The highest BCUT2D eigenvalue weighted by atomic mass is 35.5. The largest absolute Gasteiger partial charge is 0.478 e. The van der Waals surface area contributed by atoms with Crippen molar-refractivity contribution in [1.82, 2.24) is 0 Å². The van der Waals surface area contributed by atoms with Crippen LogP contribution in [-0.4, -0.2) is 17.0 Å². The number of fused-ring (bicyclic) bond motifs is 1. The Morgan fingerprint density at radius 2 is 1.79 bits per heavy atom. The number of rotatable bonds is 4. The normalized spacial score (nSPS) is 15.7.